The van der Waals surface area contributed by atoms with Gasteiger partial charge < -0.3 is 36.6 Å². The van der Waals surface area contributed by atoms with E-state index in [0.29, 0.717) is 13.0 Å². The molecule has 28 heavy (non-hydrogen) atoms. The van der Waals surface area contributed by atoms with Gasteiger partial charge in [0.05, 0.1) is 25.4 Å². The number of carboxylic acids is 3. The second kappa shape index (κ2) is 10.8. The molecule has 13 heteroatoms. The molecule has 1 aliphatic rings. The first-order valence-electron chi connectivity index (χ1n) is 8.37. The molecule has 0 aliphatic carbocycles. The number of carbonyl (C=O) groups excluding carboxylic acids is 3. The van der Waals surface area contributed by atoms with E-state index < -0.39 is 73.1 Å². The average Bonchev–Trinajstić information content (AvgIpc) is 3.12. The van der Waals surface area contributed by atoms with Gasteiger partial charge in [0.15, 0.2) is 0 Å². The summed E-state index contributed by atoms with van der Waals surface area (Å²) in [4.78, 5) is 68.3. The summed E-state index contributed by atoms with van der Waals surface area (Å²) >= 11 is 0. The number of carbonyl (C=O) groups is 6. The van der Waals surface area contributed by atoms with Crippen molar-refractivity contribution >= 4 is 35.6 Å². The maximum atomic E-state index is 12.1. The first-order chi connectivity index (χ1) is 13.1. The van der Waals surface area contributed by atoms with E-state index in [-0.39, 0.29) is 0 Å². The van der Waals surface area contributed by atoms with Gasteiger partial charge in [0.2, 0.25) is 17.7 Å². The van der Waals surface area contributed by atoms with Crippen molar-refractivity contribution in [2.45, 2.75) is 43.8 Å². The Kier molecular flexibility index (Phi) is 8.81. The van der Waals surface area contributed by atoms with Crippen molar-refractivity contribution in [3.63, 3.8) is 0 Å². The number of rotatable bonds is 11. The Morgan fingerprint density at radius 2 is 1.54 bits per heavy atom. The lowest BCUT2D eigenvalue weighted by atomic mass is 10.1. The Bertz CT molecular complexity index is 645. The molecule has 13 nitrogen and oxygen atoms in total. The third-order valence-electron chi connectivity index (χ3n) is 3.82. The first-order valence-corrected chi connectivity index (χ1v) is 8.37. The number of hydrogen-bond acceptors (Lipinski definition) is 7. The van der Waals surface area contributed by atoms with E-state index in [4.69, 9.17) is 15.3 Å². The summed E-state index contributed by atoms with van der Waals surface area (Å²) in [6.07, 6.45) is -0.283. The SMILES string of the molecule is O=C(O)CC(NC(=O)CNC(=O)C(CC(=O)O)NC(=O)C1CCCN1)C(=O)O. The van der Waals surface area contributed by atoms with Crippen LogP contribution in [0.2, 0.25) is 0 Å². The van der Waals surface area contributed by atoms with Crippen LogP contribution in [0.3, 0.4) is 0 Å². The predicted molar refractivity (Wildman–Crippen MR) is 90.0 cm³/mol. The van der Waals surface area contributed by atoms with Crippen LogP contribution >= 0.6 is 0 Å². The van der Waals surface area contributed by atoms with E-state index in [9.17, 15) is 28.8 Å². The van der Waals surface area contributed by atoms with E-state index in [1.54, 1.807) is 0 Å². The molecular formula is C15H22N4O9. The Labute approximate surface area is 158 Å². The largest absolute Gasteiger partial charge is 0.481 e. The Balaban J connectivity index is 2.59. The summed E-state index contributed by atoms with van der Waals surface area (Å²) in [5.74, 6) is -6.84. The summed E-state index contributed by atoms with van der Waals surface area (Å²) in [6.45, 7) is -0.106. The van der Waals surface area contributed by atoms with Gasteiger partial charge in [0.25, 0.3) is 0 Å². The lowest BCUT2D eigenvalue weighted by Gasteiger charge is -2.19. The Hall–Kier alpha value is -3.22. The van der Waals surface area contributed by atoms with Gasteiger partial charge >= 0.3 is 17.9 Å². The number of carboxylic acid groups (broad SMARTS) is 3. The van der Waals surface area contributed by atoms with E-state index >= 15 is 0 Å². The standard InChI is InChI=1S/C15H22N4O9/c20-10(18-9(15(27)28)5-12(23)24)6-17-13(25)8(4-11(21)22)19-14(26)7-2-1-3-16-7/h7-9,16H,1-6H2,(H,17,25)(H,18,20)(H,19,26)(H,21,22)(H,23,24)(H,27,28). The molecule has 0 aromatic rings. The molecule has 156 valence electrons. The predicted octanol–water partition coefficient (Wildman–Crippen LogP) is -3.14. The minimum Gasteiger partial charge on any atom is -0.481 e. The monoisotopic (exact) mass is 402 g/mol. The maximum absolute atomic E-state index is 12.1. The fourth-order valence-electron chi connectivity index (χ4n) is 2.48. The van der Waals surface area contributed by atoms with Gasteiger partial charge in [-0.25, -0.2) is 4.79 Å². The minimum absolute atomic E-state index is 0.538. The molecule has 0 radical (unpaired) electrons. The number of hydrogen-bond donors (Lipinski definition) is 7. The third kappa shape index (κ3) is 7.99. The van der Waals surface area contributed by atoms with E-state index in [2.05, 4.69) is 16.0 Å². The van der Waals surface area contributed by atoms with Gasteiger partial charge in [0.1, 0.15) is 12.1 Å². The molecule has 3 amide bonds. The summed E-state index contributed by atoms with van der Waals surface area (Å²) < 4.78 is 0. The Morgan fingerprint density at radius 3 is 2.04 bits per heavy atom. The Morgan fingerprint density at radius 1 is 0.929 bits per heavy atom. The maximum Gasteiger partial charge on any atom is 0.326 e. The zero-order valence-electron chi connectivity index (χ0n) is 14.8. The highest BCUT2D eigenvalue weighted by atomic mass is 16.4. The van der Waals surface area contributed by atoms with Crippen LogP contribution in [0.4, 0.5) is 0 Å². The van der Waals surface area contributed by atoms with Gasteiger partial charge in [-0.2, -0.15) is 0 Å². The lowest BCUT2D eigenvalue weighted by Crippen LogP contribution is -2.54. The summed E-state index contributed by atoms with van der Waals surface area (Å²) in [6, 6.07) is -3.67. The molecule has 1 fully saturated rings. The molecule has 1 aliphatic heterocycles. The minimum atomic E-state index is -1.69. The highest BCUT2D eigenvalue weighted by molar-refractivity contribution is 5.94. The van der Waals surface area contributed by atoms with Crippen LogP contribution in [0.5, 0.6) is 0 Å². The zero-order valence-corrected chi connectivity index (χ0v) is 14.8. The van der Waals surface area contributed by atoms with Crippen molar-refractivity contribution in [2.75, 3.05) is 13.1 Å². The van der Waals surface area contributed by atoms with Crippen molar-refractivity contribution in [3.05, 3.63) is 0 Å². The van der Waals surface area contributed by atoms with Crippen LogP contribution in [0.15, 0.2) is 0 Å². The van der Waals surface area contributed by atoms with E-state index in [1.807, 2.05) is 5.32 Å². The quantitative estimate of drug-likeness (QED) is 0.184. The molecule has 1 rings (SSSR count). The van der Waals surface area contributed by atoms with Crippen molar-refractivity contribution < 1.29 is 44.1 Å². The summed E-state index contributed by atoms with van der Waals surface area (Å²) in [7, 11) is 0. The smallest absolute Gasteiger partial charge is 0.326 e. The van der Waals surface area contributed by atoms with Crippen molar-refractivity contribution in [1.82, 2.24) is 21.3 Å². The van der Waals surface area contributed by atoms with Crippen molar-refractivity contribution in [2.24, 2.45) is 0 Å². The second-order valence-electron chi connectivity index (χ2n) is 6.08. The summed E-state index contributed by atoms with van der Waals surface area (Å²) in [5, 5.41) is 35.6. The molecule has 3 atom stereocenters. The molecule has 1 saturated heterocycles. The fraction of sp³-hybridized carbons (Fsp3) is 0.600. The molecule has 0 spiro atoms. The van der Waals surface area contributed by atoms with Crippen LogP contribution < -0.4 is 21.3 Å². The van der Waals surface area contributed by atoms with Crippen molar-refractivity contribution in [3.8, 4) is 0 Å². The molecule has 1 heterocycles. The molecule has 0 bridgehead atoms. The van der Waals surface area contributed by atoms with E-state index in [1.165, 1.54) is 0 Å². The number of nitrogens with one attached hydrogen (secondary N) is 4. The second-order valence-corrected chi connectivity index (χ2v) is 6.08. The van der Waals surface area contributed by atoms with Crippen LogP contribution in [-0.2, 0) is 28.8 Å². The van der Waals surface area contributed by atoms with Gasteiger partial charge in [-0.3, -0.25) is 24.0 Å². The molecule has 0 aromatic heterocycles. The van der Waals surface area contributed by atoms with Crippen LogP contribution in [0.25, 0.3) is 0 Å². The van der Waals surface area contributed by atoms with Crippen LogP contribution in [-0.4, -0.2) is 82.2 Å². The van der Waals surface area contributed by atoms with Crippen LogP contribution in [0.1, 0.15) is 25.7 Å². The topological polar surface area (TPSA) is 211 Å². The van der Waals surface area contributed by atoms with Crippen LogP contribution in [0, 0.1) is 0 Å². The van der Waals surface area contributed by atoms with Gasteiger partial charge in [-0.1, -0.05) is 0 Å². The zero-order chi connectivity index (χ0) is 21.3. The molecular weight excluding hydrogens is 380 g/mol. The molecule has 3 unspecified atom stereocenters. The first kappa shape index (κ1) is 22.8. The van der Waals surface area contributed by atoms with E-state index in [0.717, 1.165) is 6.42 Å². The summed E-state index contributed by atoms with van der Waals surface area (Å²) in [5.41, 5.74) is 0. The number of aliphatic carboxylic acids is 3. The van der Waals surface area contributed by atoms with Gasteiger partial charge in [-0.15, -0.1) is 0 Å². The molecule has 7 N–H and O–H groups in total. The molecule has 0 saturated carbocycles. The van der Waals surface area contributed by atoms with Gasteiger partial charge in [0, 0.05) is 0 Å². The lowest BCUT2D eigenvalue weighted by molar-refractivity contribution is -0.147. The average molecular weight is 402 g/mol. The molecule has 0 aromatic carbocycles. The number of amides is 3. The highest BCUT2D eigenvalue weighted by Crippen LogP contribution is 2.06. The van der Waals surface area contributed by atoms with Gasteiger partial charge in [-0.05, 0) is 19.4 Å². The highest BCUT2D eigenvalue weighted by Gasteiger charge is 2.29. The normalized spacial score (nSPS) is 17.8. The fourth-order valence-corrected chi connectivity index (χ4v) is 2.48. The third-order valence-corrected chi connectivity index (χ3v) is 3.82. The van der Waals surface area contributed by atoms with Crippen molar-refractivity contribution in [1.29, 1.82) is 0 Å².